The van der Waals surface area contributed by atoms with Crippen molar-refractivity contribution in [3.05, 3.63) is 47.0 Å². The summed E-state index contributed by atoms with van der Waals surface area (Å²) in [4.78, 5) is 18.3. The zero-order valence-electron chi connectivity index (χ0n) is 13.3. The van der Waals surface area contributed by atoms with E-state index in [0.29, 0.717) is 30.2 Å². The van der Waals surface area contributed by atoms with Crippen molar-refractivity contribution in [2.75, 3.05) is 25.4 Å². The SMILES string of the molecule is Nc1nc(C(=O)N2CC[C@H](O)[C@](CO)(Cc3ccccc3)C2)cs1. The lowest BCUT2D eigenvalue weighted by atomic mass is 9.73. The minimum absolute atomic E-state index is 0.188. The summed E-state index contributed by atoms with van der Waals surface area (Å²) in [5.41, 5.74) is 6.18. The van der Waals surface area contributed by atoms with Crippen LogP contribution in [0, 0.1) is 5.41 Å². The summed E-state index contributed by atoms with van der Waals surface area (Å²) in [7, 11) is 0. The maximum absolute atomic E-state index is 12.6. The van der Waals surface area contributed by atoms with Crippen molar-refractivity contribution < 1.29 is 15.0 Å². The maximum atomic E-state index is 12.6. The number of nitrogens with zero attached hydrogens (tertiary/aromatic N) is 2. The van der Waals surface area contributed by atoms with Gasteiger partial charge in [0.25, 0.3) is 5.91 Å². The van der Waals surface area contributed by atoms with Crippen molar-refractivity contribution in [3.8, 4) is 0 Å². The topological polar surface area (TPSA) is 99.7 Å². The number of rotatable bonds is 4. The van der Waals surface area contributed by atoms with Gasteiger partial charge in [0.2, 0.25) is 0 Å². The van der Waals surface area contributed by atoms with Crippen molar-refractivity contribution in [1.82, 2.24) is 9.88 Å². The molecule has 1 aromatic carbocycles. The van der Waals surface area contributed by atoms with E-state index in [-0.39, 0.29) is 19.1 Å². The Hall–Kier alpha value is -1.96. The number of benzene rings is 1. The monoisotopic (exact) mass is 347 g/mol. The highest BCUT2D eigenvalue weighted by Gasteiger charge is 2.44. The molecule has 0 saturated carbocycles. The van der Waals surface area contributed by atoms with Crippen LogP contribution in [0.3, 0.4) is 0 Å². The number of hydrogen-bond acceptors (Lipinski definition) is 6. The van der Waals surface area contributed by atoms with Crippen LogP contribution < -0.4 is 5.73 Å². The molecule has 0 unspecified atom stereocenters. The molecule has 1 aliphatic heterocycles. The molecule has 0 aliphatic carbocycles. The van der Waals surface area contributed by atoms with Crippen molar-refractivity contribution >= 4 is 22.4 Å². The molecule has 0 bridgehead atoms. The van der Waals surface area contributed by atoms with Crippen LogP contribution in [0.15, 0.2) is 35.7 Å². The number of hydrogen-bond donors (Lipinski definition) is 3. The summed E-state index contributed by atoms with van der Waals surface area (Å²) in [6, 6.07) is 9.71. The van der Waals surface area contributed by atoms with Crippen LogP contribution in [-0.2, 0) is 6.42 Å². The minimum atomic E-state index is -0.767. The van der Waals surface area contributed by atoms with Crippen LogP contribution in [0.2, 0.25) is 0 Å². The Bertz CT molecular complexity index is 706. The van der Waals surface area contributed by atoms with Gasteiger partial charge in [-0.2, -0.15) is 0 Å². The molecule has 6 nitrogen and oxygen atoms in total. The van der Waals surface area contributed by atoms with Crippen LogP contribution in [0.4, 0.5) is 5.13 Å². The van der Waals surface area contributed by atoms with E-state index in [1.807, 2.05) is 30.3 Å². The molecule has 1 aromatic heterocycles. The summed E-state index contributed by atoms with van der Waals surface area (Å²) >= 11 is 1.23. The highest BCUT2D eigenvalue weighted by molar-refractivity contribution is 7.13. The van der Waals surface area contributed by atoms with E-state index < -0.39 is 11.5 Å². The number of nitrogens with two attached hydrogens (primary N) is 1. The van der Waals surface area contributed by atoms with Gasteiger partial charge in [-0.15, -0.1) is 11.3 Å². The molecule has 2 atom stereocenters. The second kappa shape index (κ2) is 6.88. The van der Waals surface area contributed by atoms with E-state index >= 15 is 0 Å². The van der Waals surface area contributed by atoms with E-state index in [1.165, 1.54) is 11.3 Å². The molecule has 2 aromatic rings. The summed E-state index contributed by atoms with van der Waals surface area (Å²) in [6.07, 6.45) is 0.278. The Kier molecular flexibility index (Phi) is 4.84. The van der Waals surface area contributed by atoms with Gasteiger partial charge in [0.15, 0.2) is 5.13 Å². The van der Waals surface area contributed by atoms with Crippen molar-refractivity contribution in [1.29, 1.82) is 0 Å². The third kappa shape index (κ3) is 3.28. The van der Waals surface area contributed by atoms with E-state index in [4.69, 9.17) is 5.73 Å². The summed E-state index contributed by atoms with van der Waals surface area (Å²) in [5, 5.41) is 22.5. The Morgan fingerprint density at radius 2 is 2.17 bits per heavy atom. The fourth-order valence-corrected chi connectivity index (χ4v) is 3.79. The number of aromatic nitrogens is 1. The van der Waals surface area contributed by atoms with Crippen molar-refractivity contribution in [2.24, 2.45) is 5.41 Å². The first-order valence-corrected chi connectivity index (χ1v) is 8.75. The summed E-state index contributed by atoms with van der Waals surface area (Å²) in [5.74, 6) is -0.208. The third-order valence-corrected chi connectivity index (χ3v) is 5.30. The Morgan fingerprint density at radius 1 is 1.42 bits per heavy atom. The normalized spacial score (nSPS) is 24.1. The maximum Gasteiger partial charge on any atom is 0.273 e. The zero-order valence-corrected chi connectivity index (χ0v) is 14.1. The molecule has 1 fully saturated rings. The highest BCUT2D eigenvalue weighted by Crippen LogP contribution is 2.34. The first-order chi connectivity index (χ1) is 11.5. The molecule has 1 aliphatic rings. The smallest absolute Gasteiger partial charge is 0.273 e. The molecule has 1 amide bonds. The lowest BCUT2D eigenvalue weighted by Crippen LogP contribution is -2.56. The average Bonchev–Trinajstić information content (AvgIpc) is 3.03. The van der Waals surface area contributed by atoms with Gasteiger partial charge in [-0.05, 0) is 18.4 Å². The lowest BCUT2D eigenvalue weighted by Gasteiger charge is -2.45. The van der Waals surface area contributed by atoms with Crippen LogP contribution >= 0.6 is 11.3 Å². The molecule has 0 spiro atoms. The van der Waals surface area contributed by atoms with E-state index in [0.717, 1.165) is 5.56 Å². The predicted molar refractivity (Wildman–Crippen MR) is 92.7 cm³/mol. The van der Waals surface area contributed by atoms with Gasteiger partial charge in [-0.1, -0.05) is 30.3 Å². The quantitative estimate of drug-likeness (QED) is 0.770. The number of nitrogen functional groups attached to an aromatic ring is 1. The fourth-order valence-electron chi connectivity index (χ4n) is 3.26. The number of anilines is 1. The first-order valence-electron chi connectivity index (χ1n) is 7.87. The number of carbonyl (C=O) groups is 1. The molecular formula is C17H21N3O3S. The number of aliphatic hydroxyl groups is 2. The Morgan fingerprint density at radius 3 is 2.79 bits per heavy atom. The molecular weight excluding hydrogens is 326 g/mol. The molecule has 0 radical (unpaired) electrons. The van der Waals surface area contributed by atoms with Gasteiger partial charge in [0.05, 0.1) is 12.7 Å². The molecule has 4 N–H and O–H groups in total. The standard InChI is InChI=1S/C17H21N3O3S/c18-16-19-13(9-24-16)15(23)20-7-6-14(22)17(10-20,11-21)8-12-4-2-1-3-5-12/h1-5,9,14,21-22H,6-8,10-11H2,(H2,18,19)/t14-,17+/m0/s1. The molecule has 2 heterocycles. The third-order valence-electron chi connectivity index (χ3n) is 4.63. The number of aliphatic hydroxyl groups excluding tert-OH is 2. The summed E-state index contributed by atoms with van der Waals surface area (Å²) in [6.45, 7) is 0.538. The Labute approximate surface area is 144 Å². The van der Waals surface area contributed by atoms with Gasteiger partial charge >= 0.3 is 0 Å². The molecule has 128 valence electrons. The van der Waals surface area contributed by atoms with E-state index in [2.05, 4.69) is 4.98 Å². The highest BCUT2D eigenvalue weighted by atomic mass is 32.1. The number of likely N-dealkylation sites (tertiary alicyclic amines) is 1. The van der Waals surface area contributed by atoms with E-state index in [1.54, 1.807) is 10.3 Å². The largest absolute Gasteiger partial charge is 0.396 e. The molecule has 3 rings (SSSR count). The average molecular weight is 347 g/mol. The van der Waals surface area contributed by atoms with Gasteiger partial charge in [0, 0.05) is 23.9 Å². The number of carbonyl (C=O) groups excluding carboxylic acids is 1. The molecule has 1 saturated heterocycles. The van der Waals surface area contributed by atoms with Gasteiger partial charge in [-0.3, -0.25) is 4.79 Å². The number of thiazole rings is 1. The van der Waals surface area contributed by atoms with E-state index in [9.17, 15) is 15.0 Å². The molecule has 7 heteroatoms. The van der Waals surface area contributed by atoms with Crippen molar-refractivity contribution in [2.45, 2.75) is 18.9 Å². The number of amides is 1. The predicted octanol–water partition coefficient (Wildman–Crippen LogP) is 1.15. The second-order valence-electron chi connectivity index (χ2n) is 6.29. The number of piperidine rings is 1. The first kappa shape index (κ1) is 16.9. The zero-order chi connectivity index (χ0) is 17.2. The van der Waals surface area contributed by atoms with Crippen LogP contribution in [0.5, 0.6) is 0 Å². The van der Waals surface area contributed by atoms with Crippen molar-refractivity contribution in [3.63, 3.8) is 0 Å². The van der Waals surface area contributed by atoms with Gasteiger partial charge in [0.1, 0.15) is 5.69 Å². The molecule has 24 heavy (non-hydrogen) atoms. The van der Waals surface area contributed by atoms with Crippen LogP contribution in [-0.4, -0.2) is 51.8 Å². The van der Waals surface area contributed by atoms with Gasteiger partial charge < -0.3 is 20.8 Å². The second-order valence-corrected chi connectivity index (χ2v) is 7.17. The van der Waals surface area contributed by atoms with Crippen LogP contribution in [0.25, 0.3) is 0 Å². The minimum Gasteiger partial charge on any atom is -0.396 e. The van der Waals surface area contributed by atoms with Crippen LogP contribution in [0.1, 0.15) is 22.5 Å². The Balaban J connectivity index is 1.82. The fraction of sp³-hybridized carbons (Fsp3) is 0.412. The van der Waals surface area contributed by atoms with Gasteiger partial charge in [-0.25, -0.2) is 4.98 Å². The lowest BCUT2D eigenvalue weighted by molar-refractivity contribution is -0.0669. The summed E-state index contributed by atoms with van der Waals surface area (Å²) < 4.78 is 0.